The van der Waals surface area contributed by atoms with Gasteiger partial charge in [-0.3, -0.25) is 4.79 Å². The highest BCUT2D eigenvalue weighted by Gasteiger charge is 2.33. The molecule has 1 aliphatic heterocycles. The van der Waals surface area contributed by atoms with E-state index in [0.717, 1.165) is 0 Å². The number of carbonyl (C=O) groups excluding carboxylic acids is 1. The number of piperidine rings is 1. The van der Waals surface area contributed by atoms with Gasteiger partial charge in [-0.2, -0.15) is 4.31 Å². The molecule has 7 nitrogen and oxygen atoms in total. The highest BCUT2D eigenvalue weighted by molar-refractivity contribution is 7.89. The lowest BCUT2D eigenvalue weighted by molar-refractivity contribution is -0.126. The van der Waals surface area contributed by atoms with E-state index in [9.17, 15) is 13.2 Å². The summed E-state index contributed by atoms with van der Waals surface area (Å²) < 4.78 is 38.3. The van der Waals surface area contributed by atoms with Crippen LogP contribution in [0.25, 0.3) is 0 Å². The predicted octanol–water partition coefficient (Wildman–Crippen LogP) is 3.33. The summed E-state index contributed by atoms with van der Waals surface area (Å²) in [5.41, 5.74) is 0. The molecular formula is C22H27ClN2O5S. The fraction of sp³-hybridized carbons (Fsp3) is 0.409. The second kappa shape index (κ2) is 10.3. The second-order valence-electron chi connectivity index (χ2n) is 7.53. The molecule has 0 aromatic heterocycles. The van der Waals surface area contributed by atoms with Crippen molar-refractivity contribution >= 4 is 27.5 Å². The van der Waals surface area contributed by atoms with E-state index in [1.165, 1.54) is 16.4 Å². The maximum absolute atomic E-state index is 12.9. The van der Waals surface area contributed by atoms with Gasteiger partial charge in [0, 0.05) is 18.1 Å². The quantitative estimate of drug-likeness (QED) is 0.645. The largest absolute Gasteiger partial charge is 0.493 e. The van der Waals surface area contributed by atoms with Crippen molar-refractivity contribution in [1.29, 1.82) is 0 Å². The number of sulfonamides is 1. The van der Waals surface area contributed by atoms with Crippen LogP contribution in [0, 0.1) is 5.92 Å². The fourth-order valence-electron chi connectivity index (χ4n) is 3.49. The molecule has 2 aromatic carbocycles. The maximum Gasteiger partial charge on any atom is 0.243 e. The zero-order valence-corrected chi connectivity index (χ0v) is 19.2. The van der Waals surface area contributed by atoms with Crippen molar-refractivity contribution in [3.05, 3.63) is 53.6 Å². The van der Waals surface area contributed by atoms with Crippen LogP contribution in [0.15, 0.2) is 53.4 Å². The van der Waals surface area contributed by atoms with Gasteiger partial charge in [0.15, 0.2) is 11.5 Å². The zero-order chi connectivity index (χ0) is 22.4. The molecule has 0 aliphatic carbocycles. The first kappa shape index (κ1) is 23.4. The Morgan fingerprint density at radius 3 is 2.55 bits per heavy atom. The van der Waals surface area contributed by atoms with Crippen molar-refractivity contribution in [3.8, 4) is 11.5 Å². The number of hydrogen-bond acceptors (Lipinski definition) is 5. The Morgan fingerprint density at radius 1 is 1.19 bits per heavy atom. The molecule has 2 atom stereocenters. The summed E-state index contributed by atoms with van der Waals surface area (Å²) in [6.45, 7) is 2.65. The average molecular weight is 467 g/mol. The number of para-hydroxylation sites is 2. The number of carbonyl (C=O) groups is 1. The number of halogens is 1. The van der Waals surface area contributed by atoms with Crippen LogP contribution in [0.1, 0.15) is 19.8 Å². The lowest BCUT2D eigenvalue weighted by atomic mass is 9.98. The molecule has 1 amide bonds. The van der Waals surface area contributed by atoms with E-state index in [4.69, 9.17) is 21.1 Å². The summed E-state index contributed by atoms with van der Waals surface area (Å²) in [5.74, 6) is 0.636. The van der Waals surface area contributed by atoms with E-state index in [0.29, 0.717) is 35.9 Å². The van der Waals surface area contributed by atoms with E-state index in [-0.39, 0.29) is 30.0 Å². The number of methoxy groups -OCH3 is 1. The van der Waals surface area contributed by atoms with Crippen molar-refractivity contribution in [2.45, 2.75) is 30.7 Å². The van der Waals surface area contributed by atoms with Crippen LogP contribution < -0.4 is 14.8 Å². The minimum Gasteiger partial charge on any atom is -0.493 e. The van der Waals surface area contributed by atoms with Crippen LogP contribution in [0.2, 0.25) is 5.02 Å². The molecule has 9 heteroatoms. The van der Waals surface area contributed by atoms with Gasteiger partial charge in [-0.15, -0.1) is 0 Å². The van der Waals surface area contributed by atoms with Crippen molar-refractivity contribution < 1.29 is 22.7 Å². The number of rotatable bonds is 8. The van der Waals surface area contributed by atoms with Gasteiger partial charge >= 0.3 is 0 Å². The topological polar surface area (TPSA) is 84.9 Å². The monoisotopic (exact) mass is 466 g/mol. The molecule has 1 heterocycles. The SMILES string of the molecule is COc1ccccc1OC[C@H](C)NC(=O)[C@@H]1CCCN(S(=O)(=O)c2ccc(Cl)cc2)C1. The van der Waals surface area contributed by atoms with Crippen molar-refractivity contribution in [2.75, 3.05) is 26.8 Å². The van der Waals surface area contributed by atoms with E-state index >= 15 is 0 Å². The normalized spacial score (nSPS) is 18.2. The molecule has 1 saturated heterocycles. The number of nitrogens with zero attached hydrogens (tertiary/aromatic N) is 1. The lowest BCUT2D eigenvalue weighted by Crippen LogP contribution is -2.48. The number of hydrogen-bond donors (Lipinski definition) is 1. The van der Waals surface area contributed by atoms with Crippen molar-refractivity contribution in [1.82, 2.24) is 9.62 Å². The van der Waals surface area contributed by atoms with Crippen LogP contribution in [0.5, 0.6) is 11.5 Å². The summed E-state index contributed by atoms with van der Waals surface area (Å²) in [5, 5.41) is 3.40. The summed E-state index contributed by atoms with van der Waals surface area (Å²) in [7, 11) is -2.10. The van der Waals surface area contributed by atoms with Crippen LogP contribution >= 0.6 is 11.6 Å². The molecule has 0 bridgehead atoms. The van der Waals surface area contributed by atoms with Gasteiger partial charge < -0.3 is 14.8 Å². The van der Waals surface area contributed by atoms with Gasteiger partial charge in [0.25, 0.3) is 0 Å². The summed E-state index contributed by atoms with van der Waals surface area (Å²) in [6.07, 6.45) is 1.26. The van der Waals surface area contributed by atoms with E-state index in [1.807, 2.05) is 19.1 Å². The Bertz CT molecular complexity index is 997. The molecule has 1 N–H and O–H groups in total. The number of benzene rings is 2. The molecule has 0 unspecified atom stereocenters. The minimum atomic E-state index is -3.67. The third kappa shape index (κ3) is 5.90. The van der Waals surface area contributed by atoms with Crippen molar-refractivity contribution in [3.63, 3.8) is 0 Å². The van der Waals surface area contributed by atoms with Gasteiger partial charge in [0.2, 0.25) is 15.9 Å². The average Bonchev–Trinajstić information content (AvgIpc) is 2.78. The maximum atomic E-state index is 12.9. The van der Waals surface area contributed by atoms with E-state index in [2.05, 4.69) is 5.32 Å². The number of amides is 1. The Balaban J connectivity index is 1.57. The highest BCUT2D eigenvalue weighted by atomic mass is 35.5. The Kier molecular flexibility index (Phi) is 7.80. The van der Waals surface area contributed by atoms with Gasteiger partial charge in [-0.05, 0) is 56.2 Å². The van der Waals surface area contributed by atoms with Crippen LogP contribution in [0.4, 0.5) is 0 Å². The van der Waals surface area contributed by atoms with E-state index < -0.39 is 15.9 Å². The first-order valence-electron chi connectivity index (χ1n) is 10.1. The number of nitrogens with one attached hydrogen (secondary N) is 1. The molecule has 2 aromatic rings. The van der Waals surface area contributed by atoms with E-state index in [1.54, 1.807) is 31.4 Å². The lowest BCUT2D eigenvalue weighted by Gasteiger charge is -2.31. The summed E-state index contributed by atoms with van der Waals surface area (Å²) in [4.78, 5) is 12.9. The van der Waals surface area contributed by atoms with Crippen LogP contribution in [0.3, 0.4) is 0 Å². The fourth-order valence-corrected chi connectivity index (χ4v) is 5.14. The standard InChI is InChI=1S/C22H27ClN2O5S/c1-16(15-30-21-8-4-3-7-20(21)29-2)24-22(26)17-6-5-13-25(14-17)31(27,28)19-11-9-18(23)10-12-19/h3-4,7-12,16-17H,5-6,13-15H2,1-2H3,(H,24,26)/t16-,17+/m0/s1. The zero-order valence-electron chi connectivity index (χ0n) is 17.6. The predicted molar refractivity (Wildman–Crippen MR) is 119 cm³/mol. The molecule has 168 valence electrons. The Labute approximate surface area is 188 Å². The highest BCUT2D eigenvalue weighted by Crippen LogP contribution is 2.26. The van der Waals surface area contributed by atoms with Gasteiger partial charge in [-0.1, -0.05) is 23.7 Å². The molecule has 0 saturated carbocycles. The van der Waals surface area contributed by atoms with Gasteiger partial charge in [-0.25, -0.2) is 8.42 Å². The van der Waals surface area contributed by atoms with Crippen molar-refractivity contribution in [2.24, 2.45) is 5.92 Å². The molecule has 3 rings (SSSR count). The Hall–Kier alpha value is -2.29. The Morgan fingerprint density at radius 2 is 1.87 bits per heavy atom. The minimum absolute atomic E-state index is 0.150. The second-order valence-corrected chi connectivity index (χ2v) is 9.90. The summed E-state index contributed by atoms with van der Waals surface area (Å²) >= 11 is 5.86. The number of ether oxygens (including phenoxy) is 2. The third-order valence-electron chi connectivity index (χ3n) is 5.15. The first-order chi connectivity index (χ1) is 14.8. The smallest absolute Gasteiger partial charge is 0.243 e. The first-order valence-corrected chi connectivity index (χ1v) is 11.9. The molecule has 31 heavy (non-hydrogen) atoms. The summed E-state index contributed by atoms with van der Waals surface area (Å²) in [6, 6.07) is 13.1. The van der Waals surface area contributed by atoms with Gasteiger partial charge in [0.1, 0.15) is 6.61 Å². The molecule has 1 aliphatic rings. The third-order valence-corrected chi connectivity index (χ3v) is 7.28. The van der Waals surface area contributed by atoms with Crippen LogP contribution in [-0.2, 0) is 14.8 Å². The van der Waals surface area contributed by atoms with Crippen LogP contribution in [-0.4, -0.2) is 51.5 Å². The molecule has 0 radical (unpaired) electrons. The molecular weight excluding hydrogens is 440 g/mol. The van der Waals surface area contributed by atoms with Gasteiger partial charge in [0.05, 0.1) is 24.0 Å². The molecule has 1 fully saturated rings. The molecule has 0 spiro atoms.